The molecule has 42 heavy (non-hydrogen) atoms. The minimum absolute atomic E-state index is 0.0962. The third kappa shape index (κ3) is 4.47. The second-order valence-corrected chi connectivity index (χ2v) is 55.7. The average Bonchev–Trinajstić information content (AvgIpc) is 3.54. The van der Waals surface area contributed by atoms with E-state index < -0.39 is 21.5 Å². The van der Waals surface area contributed by atoms with E-state index in [0.29, 0.717) is 5.92 Å². The van der Waals surface area contributed by atoms with Crippen LogP contribution in [0.3, 0.4) is 0 Å². The van der Waals surface area contributed by atoms with Crippen LogP contribution in [-0.2, 0) is 15.6 Å². The van der Waals surface area contributed by atoms with Crippen LogP contribution in [0.5, 0.6) is 0 Å². The van der Waals surface area contributed by atoms with Gasteiger partial charge in [0.2, 0.25) is 0 Å². The Morgan fingerprint density at radius 1 is 0.643 bits per heavy atom. The maximum atomic E-state index is 8.59. The minimum atomic E-state index is -4.79. The number of fused-ring (bicyclic) bond motifs is 2. The molecular weight excluding hydrogens is 647 g/mol. The van der Waals surface area contributed by atoms with E-state index in [2.05, 4.69) is 145 Å². The molecule has 0 nitrogen and oxygen atoms in total. The van der Waals surface area contributed by atoms with Crippen molar-refractivity contribution >= 4 is 35.1 Å². The number of hydrogen-bond donors (Lipinski definition) is 0. The maximum absolute atomic E-state index is 8.59. The van der Waals surface area contributed by atoms with Crippen molar-refractivity contribution in [1.29, 1.82) is 0 Å². The van der Waals surface area contributed by atoms with Crippen LogP contribution in [0.2, 0.25) is 13.1 Å². The number of benzene rings is 4. The van der Waals surface area contributed by atoms with Gasteiger partial charge in [-0.3, -0.25) is 0 Å². The molecule has 0 aliphatic heterocycles. The first-order valence-electron chi connectivity index (χ1n) is 15.3. The summed E-state index contributed by atoms with van der Waals surface area (Å²) in [4.78, 5) is 0. The van der Waals surface area contributed by atoms with Gasteiger partial charge in [-0.05, 0) is 0 Å². The molecule has 0 amide bonds. The Hall–Kier alpha value is -1.96. The Kier molecular flexibility index (Phi) is 7.80. The quantitative estimate of drug-likeness (QED) is 0.177. The molecule has 2 atom stereocenters. The Bertz CT molecular complexity index is 1760. The monoisotopic (exact) mass is 685 g/mol. The molecule has 0 heterocycles. The predicted molar refractivity (Wildman–Crippen MR) is 186 cm³/mol. The summed E-state index contributed by atoms with van der Waals surface area (Å²) in [6.45, 7) is 16.3. The van der Waals surface area contributed by atoms with Crippen LogP contribution in [0.15, 0.2) is 96.1 Å². The van der Waals surface area contributed by atoms with Crippen molar-refractivity contribution in [3.63, 3.8) is 0 Å². The van der Waals surface area contributed by atoms with Crippen molar-refractivity contribution in [1.82, 2.24) is 0 Å². The van der Waals surface area contributed by atoms with Gasteiger partial charge in [0.25, 0.3) is 0 Å². The number of allylic oxidation sites excluding steroid dienone is 2. The van der Waals surface area contributed by atoms with Crippen LogP contribution in [-0.4, -0.2) is 5.92 Å². The second-order valence-electron chi connectivity index (χ2n) is 13.2. The molecule has 0 spiro atoms. The molecule has 4 heteroatoms. The van der Waals surface area contributed by atoms with Crippen molar-refractivity contribution < 1.29 is 15.6 Å². The number of halogens is 2. The van der Waals surface area contributed by atoms with E-state index in [9.17, 15) is 0 Å². The summed E-state index contributed by atoms with van der Waals surface area (Å²) in [6, 6.07) is 30.9. The first-order valence-corrected chi connectivity index (χ1v) is 31.6. The topological polar surface area (TPSA) is 0 Å². The van der Waals surface area contributed by atoms with Gasteiger partial charge >= 0.3 is 263 Å². The van der Waals surface area contributed by atoms with Gasteiger partial charge in [-0.15, -0.1) is 0 Å². The molecule has 0 saturated carbocycles. The Morgan fingerprint density at radius 3 is 1.98 bits per heavy atom. The van der Waals surface area contributed by atoms with E-state index in [4.69, 9.17) is 17.0 Å². The van der Waals surface area contributed by atoms with Crippen molar-refractivity contribution in [3.05, 3.63) is 129 Å². The standard InChI is InChI=1S/2C18H17.C2H7Si.2ClH.Zr/c1-12-10-17-14(3)8-9-16(18(17)11-12)15-7-5-4-6-13(15)2;1-13(2)16-11-15-9-6-10-17(18(15)12-16)14-7-4-3-5-8-14;1-3-2;;;/h4-11H,1-3H3;3-13H,1-2H3;3H,1-2H3;2*1H;/q;;;;;+2/p-2. The summed E-state index contributed by atoms with van der Waals surface area (Å²) in [5.41, 5.74) is 15.9. The van der Waals surface area contributed by atoms with E-state index in [0.717, 1.165) is 0 Å². The fourth-order valence-electron chi connectivity index (χ4n) is 7.89. The molecule has 0 aromatic heterocycles. The zero-order chi connectivity index (χ0) is 30.0. The molecule has 0 bridgehead atoms. The fourth-order valence-corrected chi connectivity index (χ4v) is 40.1. The van der Waals surface area contributed by atoms with Gasteiger partial charge in [0.15, 0.2) is 0 Å². The average molecular weight is 688 g/mol. The summed E-state index contributed by atoms with van der Waals surface area (Å²) in [7, 11) is 17.2. The van der Waals surface area contributed by atoms with E-state index in [-0.39, 0.29) is 7.25 Å². The van der Waals surface area contributed by atoms with Crippen molar-refractivity contribution in [2.45, 2.75) is 55.0 Å². The van der Waals surface area contributed by atoms with Gasteiger partial charge in [0.1, 0.15) is 0 Å². The molecular formula is C38H41Cl2SiZr. The number of aryl methyl sites for hydroxylation is 2. The third-order valence-electron chi connectivity index (χ3n) is 10.1. The van der Waals surface area contributed by atoms with Crippen LogP contribution >= 0.6 is 17.0 Å². The Labute approximate surface area is 261 Å². The molecule has 6 rings (SSSR count). The van der Waals surface area contributed by atoms with Crippen LogP contribution in [0, 0.1) is 19.8 Å². The summed E-state index contributed by atoms with van der Waals surface area (Å²) >= 11 is -4.79. The van der Waals surface area contributed by atoms with Crippen molar-refractivity contribution in [2.24, 2.45) is 5.92 Å². The van der Waals surface area contributed by atoms with Crippen molar-refractivity contribution in [3.8, 4) is 22.3 Å². The van der Waals surface area contributed by atoms with E-state index in [1.807, 2.05) is 0 Å². The molecule has 0 radical (unpaired) electrons. The van der Waals surface area contributed by atoms with Gasteiger partial charge < -0.3 is 0 Å². The molecule has 4 aromatic rings. The molecule has 4 aromatic carbocycles. The van der Waals surface area contributed by atoms with E-state index >= 15 is 0 Å². The van der Waals surface area contributed by atoms with Crippen LogP contribution in [0.1, 0.15) is 61.4 Å². The van der Waals surface area contributed by atoms with Crippen molar-refractivity contribution in [2.75, 3.05) is 0 Å². The van der Waals surface area contributed by atoms with Gasteiger partial charge in [0.05, 0.1) is 0 Å². The number of hydrogen-bond acceptors (Lipinski definition) is 0. The molecule has 0 N–H and O–H groups in total. The summed E-state index contributed by atoms with van der Waals surface area (Å²) in [6.07, 6.45) is 4.89. The molecule has 2 aliphatic carbocycles. The van der Waals surface area contributed by atoms with E-state index in [1.165, 1.54) is 66.8 Å². The Balaban J connectivity index is 1.62. The molecule has 2 aliphatic rings. The zero-order valence-electron chi connectivity index (χ0n) is 25.8. The van der Waals surface area contributed by atoms with Crippen LogP contribution in [0.4, 0.5) is 0 Å². The van der Waals surface area contributed by atoms with E-state index in [1.54, 1.807) is 0 Å². The molecule has 0 fully saturated rings. The van der Waals surface area contributed by atoms with Gasteiger partial charge in [0, 0.05) is 0 Å². The predicted octanol–water partition coefficient (Wildman–Crippen LogP) is 11.9. The summed E-state index contributed by atoms with van der Waals surface area (Å²) in [5.74, 6) is -1.25. The SMILES string of the molecule is CC1=Cc2c(-c3ccccc3C)ccc(C)c2[CH]1[Zr]([Cl])([Cl])([CH]1C(C(C)C)=Cc2c(-c3ccccc3)cccc21)[SiH](C)C. The summed E-state index contributed by atoms with van der Waals surface area (Å²) in [5, 5.41) is 0. The normalized spacial score (nSPS) is 18.9. The molecule has 0 saturated heterocycles. The van der Waals surface area contributed by atoms with Crippen LogP contribution < -0.4 is 0 Å². The zero-order valence-corrected chi connectivity index (χ0v) is 30.9. The third-order valence-corrected chi connectivity index (χ3v) is 62.0. The van der Waals surface area contributed by atoms with Gasteiger partial charge in [-0.2, -0.15) is 0 Å². The van der Waals surface area contributed by atoms with Gasteiger partial charge in [-0.25, -0.2) is 0 Å². The summed E-state index contributed by atoms with van der Waals surface area (Å²) < 4.78 is 0.194. The van der Waals surface area contributed by atoms with Gasteiger partial charge in [-0.1, -0.05) is 0 Å². The second kappa shape index (κ2) is 10.9. The van der Waals surface area contributed by atoms with Crippen LogP contribution in [0.25, 0.3) is 34.4 Å². The molecule has 215 valence electrons. The Morgan fingerprint density at radius 2 is 1.31 bits per heavy atom. The fraction of sp³-hybridized carbons (Fsp3) is 0.263. The number of rotatable bonds is 6. The first-order chi connectivity index (χ1) is 19.9. The molecule has 2 unspecified atom stereocenters. The first kappa shape index (κ1) is 30.1.